The van der Waals surface area contributed by atoms with E-state index >= 15 is 0 Å². The molecule has 6 heteroatoms. The van der Waals surface area contributed by atoms with Crippen molar-refractivity contribution >= 4 is 5.78 Å². The maximum Gasteiger partial charge on any atom is 0.178 e. The van der Waals surface area contributed by atoms with Gasteiger partial charge in [-0.25, -0.2) is 0 Å². The molecule has 0 spiro atoms. The van der Waals surface area contributed by atoms with E-state index in [4.69, 9.17) is 14.2 Å². The summed E-state index contributed by atoms with van der Waals surface area (Å²) in [5.74, 6) is 1.53. The topological polar surface area (TPSA) is 67.8 Å². The van der Waals surface area contributed by atoms with Gasteiger partial charge in [-0.3, -0.25) is 4.79 Å². The summed E-state index contributed by atoms with van der Waals surface area (Å²) in [6.45, 7) is 2.74. The van der Waals surface area contributed by atoms with Crippen molar-refractivity contribution in [1.82, 2.24) is 0 Å². The van der Waals surface area contributed by atoms with E-state index in [2.05, 4.69) is 0 Å². The quantitative estimate of drug-likeness (QED) is 0.425. The largest absolute Gasteiger partial charge is 0.632 e. The number of Topliss-reactive ketones (excluding diaryl/α,β-unsaturated/α-hetero) is 1. The number of ether oxygens (including phenoxy) is 3. The number of para-hydroxylation sites is 1. The number of hydrogen-bond donors (Lipinski definition) is 0. The van der Waals surface area contributed by atoms with Crippen molar-refractivity contribution < 1.29 is 23.7 Å². The van der Waals surface area contributed by atoms with Gasteiger partial charge in [0.1, 0.15) is 42.9 Å². The Morgan fingerprint density at radius 3 is 2.64 bits per heavy atom. The third kappa shape index (κ3) is 4.32. The van der Waals surface area contributed by atoms with Crippen LogP contribution in [0.5, 0.6) is 17.2 Å². The highest BCUT2D eigenvalue weighted by molar-refractivity contribution is 6.01. The van der Waals surface area contributed by atoms with Crippen LogP contribution in [0.25, 0.3) is 0 Å². The molecule has 33 heavy (non-hydrogen) atoms. The van der Waals surface area contributed by atoms with Gasteiger partial charge in [0.05, 0.1) is 19.2 Å². The van der Waals surface area contributed by atoms with Crippen LogP contribution in [0.4, 0.5) is 0 Å². The molecule has 2 heterocycles. The lowest BCUT2D eigenvalue weighted by atomic mass is 9.93. The summed E-state index contributed by atoms with van der Waals surface area (Å²) in [7, 11) is 1.62. The fraction of sp³-hybridized carbons (Fsp3) is 0.296. The van der Waals surface area contributed by atoms with E-state index < -0.39 is 16.7 Å². The molecule has 5 rings (SSSR count). The average Bonchev–Trinajstić information content (AvgIpc) is 2.97. The van der Waals surface area contributed by atoms with E-state index in [1.807, 2.05) is 73.7 Å². The van der Waals surface area contributed by atoms with E-state index in [-0.39, 0.29) is 32.0 Å². The lowest BCUT2D eigenvalue weighted by Gasteiger charge is -2.45. The summed E-state index contributed by atoms with van der Waals surface area (Å²) < 4.78 is 16.9. The minimum atomic E-state index is -0.561. The molecule has 0 radical (unpaired) electrons. The van der Waals surface area contributed by atoms with Crippen LogP contribution in [0, 0.1) is 18.0 Å². The Morgan fingerprint density at radius 1 is 1.06 bits per heavy atom. The summed E-state index contributed by atoms with van der Waals surface area (Å²) in [4.78, 5) is 13.3. The molecule has 6 nitrogen and oxygen atoms in total. The molecule has 3 unspecified atom stereocenters. The number of ketones is 1. The van der Waals surface area contributed by atoms with Crippen molar-refractivity contribution in [3.63, 3.8) is 0 Å². The highest BCUT2D eigenvalue weighted by Gasteiger charge is 2.38. The number of hydrogen-bond acceptors (Lipinski definition) is 5. The van der Waals surface area contributed by atoms with Gasteiger partial charge in [-0.15, -0.1) is 0 Å². The number of fused-ring (bicyclic) bond motifs is 2. The van der Waals surface area contributed by atoms with Crippen LogP contribution < -0.4 is 14.2 Å². The van der Waals surface area contributed by atoms with Crippen molar-refractivity contribution in [1.29, 1.82) is 0 Å². The van der Waals surface area contributed by atoms with Gasteiger partial charge in [0.15, 0.2) is 11.9 Å². The summed E-state index contributed by atoms with van der Waals surface area (Å²) in [5, 5.41) is 14.2. The fourth-order valence-corrected chi connectivity index (χ4v) is 4.73. The van der Waals surface area contributed by atoms with Crippen LogP contribution in [0.3, 0.4) is 0 Å². The molecule has 0 saturated heterocycles. The Bertz CT molecular complexity index is 1180. The smallest absolute Gasteiger partial charge is 0.178 e. The van der Waals surface area contributed by atoms with Gasteiger partial charge >= 0.3 is 0 Å². The van der Waals surface area contributed by atoms with E-state index in [9.17, 15) is 10.0 Å². The van der Waals surface area contributed by atoms with Crippen LogP contribution in [0.1, 0.15) is 33.2 Å². The van der Waals surface area contributed by atoms with Crippen LogP contribution >= 0.6 is 0 Å². The highest BCUT2D eigenvalue weighted by atomic mass is 16.6. The van der Waals surface area contributed by atoms with Crippen LogP contribution in [-0.4, -0.2) is 37.2 Å². The molecule has 2 aliphatic rings. The minimum Gasteiger partial charge on any atom is -0.632 e. The number of methoxy groups -OCH3 is 1. The minimum absolute atomic E-state index is 0.0206. The number of carbonyl (C=O) groups excluding carboxylic acids is 1. The summed E-state index contributed by atoms with van der Waals surface area (Å²) in [6.07, 6.45) is -0.439. The molecule has 170 valence electrons. The van der Waals surface area contributed by atoms with Gasteiger partial charge in [0.2, 0.25) is 0 Å². The highest BCUT2D eigenvalue weighted by Crippen LogP contribution is 2.37. The normalized spacial score (nSPS) is 24.0. The number of quaternary nitrogens is 1. The molecule has 3 aromatic rings. The van der Waals surface area contributed by atoms with E-state index in [0.29, 0.717) is 17.1 Å². The first-order valence-corrected chi connectivity index (χ1v) is 11.2. The predicted molar refractivity (Wildman–Crippen MR) is 124 cm³/mol. The SMILES string of the molecule is COc1ccc(C2C[N+]([O-])(CC3COc4ccc(C)cc4C3=O)Cc3ccccc3O2)cc1. The molecule has 0 aliphatic carbocycles. The predicted octanol–water partition coefficient (Wildman–Crippen LogP) is 4.84. The standard InChI is InChI=1S/C27H27NO5/c1-18-7-12-25-23(13-18)27(29)21(17-32-25)15-28(30)14-20-5-3-4-6-24(20)33-26(16-28)19-8-10-22(31-2)11-9-19/h3-13,21,26H,14-17H2,1-2H3. The third-order valence-corrected chi connectivity index (χ3v) is 6.45. The number of aryl methyl sites for hydroxylation is 1. The van der Waals surface area contributed by atoms with Crippen molar-refractivity contribution in [2.24, 2.45) is 5.92 Å². The molecule has 0 N–H and O–H groups in total. The number of hydroxylamine groups is 3. The number of rotatable bonds is 4. The van der Waals surface area contributed by atoms with Crippen LogP contribution in [0.15, 0.2) is 66.7 Å². The maximum absolute atomic E-state index is 14.2. The van der Waals surface area contributed by atoms with E-state index in [0.717, 1.165) is 22.4 Å². The summed E-state index contributed by atoms with van der Waals surface area (Å²) >= 11 is 0. The van der Waals surface area contributed by atoms with Crippen molar-refractivity contribution in [2.75, 3.05) is 26.8 Å². The Kier molecular flexibility index (Phi) is 5.56. The van der Waals surface area contributed by atoms with Gasteiger partial charge in [0, 0.05) is 5.56 Å². The summed E-state index contributed by atoms with van der Waals surface area (Å²) in [5.41, 5.74) is 3.31. The van der Waals surface area contributed by atoms with E-state index in [1.54, 1.807) is 7.11 Å². The Balaban J connectivity index is 1.45. The van der Waals surface area contributed by atoms with Gasteiger partial charge in [0.25, 0.3) is 0 Å². The van der Waals surface area contributed by atoms with Crippen LogP contribution in [0.2, 0.25) is 0 Å². The molecule has 0 saturated carbocycles. The molecule has 0 bridgehead atoms. The molecular formula is C27H27NO5. The first-order chi connectivity index (χ1) is 15.9. The molecule has 0 fully saturated rings. The van der Waals surface area contributed by atoms with Gasteiger partial charge in [-0.1, -0.05) is 35.9 Å². The zero-order valence-corrected chi connectivity index (χ0v) is 18.8. The Hall–Kier alpha value is -3.35. The molecule has 0 amide bonds. The lowest BCUT2D eigenvalue weighted by Crippen LogP contribution is -2.50. The number of nitrogens with zero attached hydrogens (tertiary/aromatic N) is 1. The second-order valence-corrected chi connectivity index (χ2v) is 8.94. The zero-order valence-electron chi connectivity index (χ0n) is 18.8. The number of benzene rings is 3. The van der Waals surface area contributed by atoms with Crippen LogP contribution in [-0.2, 0) is 6.54 Å². The fourth-order valence-electron chi connectivity index (χ4n) is 4.73. The van der Waals surface area contributed by atoms with Gasteiger partial charge < -0.3 is 24.1 Å². The molecular weight excluding hydrogens is 418 g/mol. The third-order valence-electron chi connectivity index (χ3n) is 6.45. The van der Waals surface area contributed by atoms with Gasteiger partial charge in [-0.2, -0.15) is 0 Å². The number of carbonyl (C=O) groups is 1. The van der Waals surface area contributed by atoms with E-state index in [1.165, 1.54) is 0 Å². The monoisotopic (exact) mass is 445 g/mol. The van der Waals surface area contributed by atoms with Crippen molar-refractivity contribution in [2.45, 2.75) is 19.6 Å². The Labute approximate surface area is 193 Å². The Morgan fingerprint density at radius 2 is 1.85 bits per heavy atom. The van der Waals surface area contributed by atoms with Crippen molar-refractivity contribution in [3.05, 3.63) is 94.2 Å². The molecule has 2 aliphatic heterocycles. The lowest BCUT2D eigenvalue weighted by molar-refractivity contribution is -0.898. The molecule has 0 aromatic heterocycles. The molecule has 3 atom stereocenters. The first-order valence-electron chi connectivity index (χ1n) is 11.2. The second-order valence-electron chi connectivity index (χ2n) is 8.94. The van der Waals surface area contributed by atoms with Crippen molar-refractivity contribution in [3.8, 4) is 17.2 Å². The maximum atomic E-state index is 14.2. The molecule has 3 aromatic carbocycles. The first kappa shape index (κ1) is 21.5. The zero-order chi connectivity index (χ0) is 23.0. The second kappa shape index (κ2) is 8.54. The van der Waals surface area contributed by atoms with Gasteiger partial charge in [-0.05, 0) is 48.9 Å². The average molecular weight is 446 g/mol. The summed E-state index contributed by atoms with van der Waals surface area (Å²) in [6, 6.07) is 20.8.